The van der Waals surface area contributed by atoms with Crippen LogP contribution in [0.15, 0.2) is 77.4 Å². The van der Waals surface area contributed by atoms with Crippen LogP contribution in [0.4, 0.5) is 5.95 Å². The van der Waals surface area contributed by atoms with Gasteiger partial charge in [-0.3, -0.25) is 19.5 Å². The molecule has 1 atom stereocenters. The third kappa shape index (κ3) is 3.37. The number of rotatable bonds is 5. The zero-order valence-electron chi connectivity index (χ0n) is 15.1. The van der Waals surface area contributed by atoms with E-state index in [2.05, 4.69) is 15.6 Å². The Labute approximate surface area is 161 Å². The molecule has 0 aliphatic carbocycles. The summed E-state index contributed by atoms with van der Waals surface area (Å²) < 4.78 is 6.92. The Morgan fingerprint density at radius 3 is 2.50 bits per heavy atom. The second kappa shape index (κ2) is 7.40. The van der Waals surface area contributed by atoms with Gasteiger partial charge in [0.2, 0.25) is 11.9 Å². The number of carbonyl (C=O) groups excluding carboxylic acids is 2. The van der Waals surface area contributed by atoms with Gasteiger partial charge in [0.05, 0.1) is 17.3 Å². The maximum Gasteiger partial charge on any atom is 0.287 e. The first-order valence-electron chi connectivity index (χ1n) is 8.81. The quantitative estimate of drug-likeness (QED) is 0.560. The maximum absolute atomic E-state index is 12.7. The van der Waals surface area contributed by atoms with Crippen molar-refractivity contribution in [2.75, 3.05) is 5.32 Å². The lowest BCUT2D eigenvalue weighted by atomic mass is 10.3. The lowest BCUT2D eigenvalue weighted by molar-refractivity contribution is -0.117. The van der Waals surface area contributed by atoms with Crippen molar-refractivity contribution in [1.29, 1.82) is 0 Å². The normalized spacial score (nSPS) is 11.9. The van der Waals surface area contributed by atoms with Crippen LogP contribution >= 0.6 is 0 Å². The molecule has 2 aromatic heterocycles. The first-order valence-corrected chi connectivity index (χ1v) is 8.81. The van der Waals surface area contributed by atoms with Crippen LogP contribution in [0.3, 0.4) is 0 Å². The van der Waals surface area contributed by atoms with Crippen LogP contribution in [0.1, 0.15) is 17.5 Å². The highest BCUT2D eigenvalue weighted by atomic mass is 16.3. The molecule has 2 N–H and O–H groups in total. The number of amides is 2. The van der Waals surface area contributed by atoms with Crippen LogP contribution in [0.5, 0.6) is 0 Å². The highest BCUT2D eigenvalue weighted by Crippen LogP contribution is 2.24. The van der Waals surface area contributed by atoms with Crippen LogP contribution in [0, 0.1) is 0 Å². The Kier molecular flexibility index (Phi) is 4.63. The van der Waals surface area contributed by atoms with Gasteiger partial charge in [0.1, 0.15) is 6.04 Å². The van der Waals surface area contributed by atoms with E-state index in [0.717, 1.165) is 16.7 Å². The third-order valence-electron chi connectivity index (χ3n) is 4.30. The average molecular weight is 374 g/mol. The van der Waals surface area contributed by atoms with E-state index in [-0.39, 0.29) is 11.7 Å². The summed E-state index contributed by atoms with van der Waals surface area (Å²) in [6.45, 7) is 1.60. The molecule has 0 saturated carbocycles. The van der Waals surface area contributed by atoms with Gasteiger partial charge in [-0.05, 0) is 43.3 Å². The standard InChI is InChI=1S/C21H18N4O3/c1-14(22-20(27)18-12-7-13-28-18)19(26)24-21-23-16-10-5-6-11-17(16)25(21)15-8-3-2-4-9-15/h2-14H,1H3,(H,22,27)(H,23,24,26)/t14-/m0/s1. The number of nitrogens with one attached hydrogen (secondary N) is 2. The van der Waals surface area contributed by atoms with Gasteiger partial charge in [-0.2, -0.15) is 0 Å². The molecule has 0 bridgehead atoms. The van der Waals surface area contributed by atoms with Crippen molar-refractivity contribution >= 4 is 28.8 Å². The molecule has 4 rings (SSSR count). The molecular weight excluding hydrogens is 356 g/mol. The minimum atomic E-state index is -0.776. The molecule has 0 aliphatic rings. The Morgan fingerprint density at radius 2 is 1.75 bits per heavy atom. The summed E-state index contributed by atoms with van der Waals surface area (Å²) in [7, 11) is 0. The van der Waals surface area contributed by atoms with Crippen molar-refractivity contribution in [2.24, 2.45) is 0 Å². The Hall–Kier alpha value is -3.87. The zero-order valence-corrected chi connectivity index (χ0v) is 15.1. The predicted molar refractivity (Wildman–Crippen MR) is 105 cm³/mol. The van der Waals surface area contributed by atoms with Gasteiger partial charge in [-0.25, -0.2) is 4.98 Å². The van der Waals surface area contributed by atoms with E-state index in [9.17, 15) is 9.59 Å². The molecule has 0 spiro atoms. The fraction of sp³-hybridized carbons (Fsp3) is 0.0952. The summed E-state index contributed by atoms with van der Waals surface area (Å²) in [6, 6.07) is 19.6. The molecule has 2 aromatic carbocycles. The molecule has 0 aliphatic heterocycles. The van der Waals surface area contributed by atoms with Gasteiger partial charge >= 0.3 is 0 Å². The van der Waals surface area contributed by atoms with Crippen LogP contribution in [-0.2, 0) is 4.79 Å². The van der Waals surface area contributed by atoms with Gasteiger partial charge in [-0.1, -0.05) is 30.3 Å². The largest absolute Gasteiger partial charge is 0.459 e. The van der Waals surface area contributed by atoms with Crippen molar-refractivity contribution in [3.63, 3.8) is 0 Å². The van der Waals surface area contributed by atoms with Gasteiger partial charge in [0.15, 0.2) is 5.76 Å². The predicted octanol–water partition coefficient (Wildman–Crippen LogP) is 3.38. The molecule has 0 saturated heterocycles. The number of benzene rings is 2. The molecule has 2 heterocycles. The minimum Gasteiger partial charge on any atom is -0.459 e. The maximum atomic E-state index is 12.7. The first-order chi connectivity index (χ1) is 13.6. The van der Waals surface area contributed by atoms with Gasteiger partial charge in [-0.15, -0.1) is 0 Å². The van der Waals surface area contributed by atoms with E-state index in [1.165, 1.54) is 12.3 Å². The second-order valence-electron chi connectivity index (χ2n) is 6.26. The Bertz CT molecular complexity index is 1120. The average Bonchev–Trinajstić information content (AvgIpc) is 3.36. The smallest absolute Gasteiger partial charge is 0.287 e. The summed E-state index contributed by atoms with van der Waals surface area (Å²) in [6.07, 6.45) is 1.40. The molecule has 28 heavy (non-hydrogen) atoms. The number of fused-ring (bicyclic) bond motifs is 1. The van der Waals surface area contributed by atoms with Gasteiger partial charge in [0, 0.05) is 5.69 Å². The van der Waals surface area contributed by atoms with E-state index in [1.54, 1.807) is 13.0 Å². The van der Waals surface area contributed by atoms with E-state index in [1.807, 2.05) is 59.2 Å². The summed E-state index contributed by atoms with van der Waals surface area (Å²) in [5.74, 6) is -0.302. The molecular formula is C21H18N4O3. The van der Waals surface area contributed by atoms with E-state index in [0.29, 0.717) is 5.95 Å². The number of nitrogens with zero attached hydrogens (tertiary/aromatic N) is 2. The summed E-state index contributed by atoms with van der Waals surface area (Å²) in [5.41, 5.74) is 2.50. The fourth-order valence-electron chi connectivity index (χ4n) is 2.91. The molecule has 0 radical (unpaired) electrons. The molecule has 0 fully saturated rings. The van der Waals surface area contributed by atoms with Crippen molar-refractivity contribution in [1.82, 2.24) is 14.9 Å². The molecule has 7 heteroatoms. The van der Waals surface area contributed by atoms with Crippen LogP contribution in [-0.4, -0.2) is 27.4 Å². The lowest BCUT2D eigenvalue weighted by Gasteiger charge is -2.14. The second-order valence-corrected chi connectivity index (χ2v) is 6.26. The van der Waals surface area contributed by atoms with Crippen molar-refractivity contribution < 1.29 is 14.0 Å². The van der Waals surface area contributed by atoms with Crippen molar-refractivity contribution in [3.8, 4) is 5.69 Å². The monoisotopic (exact) mass is 374 g/mol. The van der Waals surface area contributed by atoms with E-state index >= 15 is 0 Å². The Balaban J connectivity index is 1.61. The highest BCUT2D eigenvalue weighted by molar-refractivity contribution is 6.00. The highest BCUT2D eigenvalue weighted by Gasteiger charge is 2.21. The first kappa shape index (κ1) is 17.5. The molecule has 0 unspecified atom stereocenters. The number of hydrogen-bond acceptors (Lipinski definition) is 4. The summed E-state index contributed by atoms with van der Waals surface area (Å²) >= 11 is 0. The van der Waals surface area contributed by atoms with Crippen LogP contribution < -0.4 is 10.6 Å². The van der Waals surface area contributed by atoms with Crippen molar-refractivity contribution in [2.45, 2.75) is 13.0 Å². The zero-order chi connectivity index (χ0) is 19.5. The fourth-order valence-corrected chi connectivity index (χ4v) is 2.91. The summed E-state index contributed by atoms with van der Waals surface area (Å²) in [4.78, 5) is 29.3. The number of para-hydroxylation sites is 3. The minimum absolute atomic E-state index is 0.149. The molecule has 2 amide bonds. The van der Waals surface area contributed by atoms with E-state index in [4.69, 9.17) is 4.42 Å². The third-order valence-corrected chi connectivity index (χ3v) is 4.30. The number of aromatic nitrogens is 2. The Morgan fingerprint density at radius 1 is 1.00 bits per heavy atom. The van der Waals surface area contributed by atoms with Crippen LogP contribution in [0.25, 0.3) is 16.7 Å². The molecule has 140 valence electrons. The van der Waals surface area contributed by atoms with Gasteiger partial charge < -0.3 is 9.73 Å². The topological polar surface area (TPSA) is 89.2 Å². The SMILES string of the molecule is C[C@H](NC(=O)c1ccco1)C(=O)Nc1nc2ccccc2n1-c1ccccc1. The summed E-state index contributed by atoms with van der Waals surface area (Å²) in [5, 5.41) is 5.43. The number of anilines is 1. The molecule has 7 nitrogen and oxygen atoms in total. The van der Waals surface area contributed by atoms with Crippen LogP contribution in [0.2, 0.25) is 0 Å². The van der Waals surface area contributed by atoms with E-state index < -0.39 is 11.9 Å². The number of hydrogen-bond donors (Lipinski definition) is 2. The van der Waals surface area contributed by atoms with Gasteiger partial charge in [0.25, 0.3) is 5.91 Å². The number of furan rings is 1. The number of imidazole rings is 1. The van der Waals surface area contributed by atoms with Crippen molar-refractivity contribution in [3.05, 3.63) is 78.8 Å². The lowest BCUT2D eigenvalue weighted by Crippen LogP contribution is -2.41. The number of carbonyl (C=O) groups is 2. The molecule has 4 aromatic rings.